The Morgan fingerprint density at radius 1 is 1.00 bits per heavy atom. The van der Waals surface area contributed by atoms with Gasteiger partial charge in [-0.1, -0.05) is 20.8 Å². The maximum absolute atomic E-state index is 4.04. The first kappa shape index (κ1) is 14.5. The number of hydrogen-bond donors (Lipinski definition) is 1. The second kappa shape index (κ2) is 4.71. The number of nitrogens with one attached hydrogen (secondary N) is 1. The number of hydrogen-bond acceptors (Lipinski definition) is 2. The predicted molar refractivity (Wildman–Crippen MR) is 88.3 cm³/mol. The van der Waals surface area contributed by atoms with Gasteiger partial charge in [-0.15, -0.1) is 0 Å². The third kappa shape index (κ3) is 1.97. The lowest BCUT2D eigenvalue weighted by Crippen LogP contribution is -2.48. The van der Waals surface area contributed by atoms with E-state index in [9.17, 15) is 0 Å². The average Bonchev–Trinajstić information content (AvgIpc) is 2.87. The smallest absolute Gasteiger partial charge is 0.0129 e. The van der Waals surface area contributed by atoms with Crippen LogP contribution >= 0.6 is 0 Å². The molecule has 1 N–H and O–H groups in total. The Morgan fingerprint density at radius 2 is 1.67 bits per heavy atom. The molecule has 0 amide bonds. The van der Waals surface area contributed by atoms with Gasteiger partial charge in [0.25, 0.3) is 0 Å². The first-order valence-corrected chi connectivity index (χ1v) is 9.37. The summed E-state index contributed by atoms with van der Waals surface area (Å²) in [5.74, 6) is 1.90. The monoisotopic (exact) mass is 290 g/mol. The Hall–Kier alpha value is -0.0800. The number of piperidine rings is 1. The van der Waals surface area contributed by atoms with Crippen LogP contribution in [-0.2, 0) is 0 Å². The quantitative estimate of drug-likeness (QED) is 0.853. The summed E-state index contributed by atoms with van der Waals surface area (Å²) in [6.45, 7) is 8.91. The lowest BCUT2D eigenvalue weighted by atomic mass is 9.69. The molecule has 2 saturated heterocycles. The second-order valence-electron chi connectivity index (χ2n) is 9.46. The molecule has 0 aromatic rings. The first-order chi connectivity index (χ1) is 9.92. The zero-order valence-electron chi connectivity index (χ0n) is 14.5. The summed E-state index contributed by atoms with van der Waals surface area (Å²) >= 11 is 0. The maximum atomic E-state index is 4.04. The molecule has 21 heavy (non-hydrogen) atoms. The Morgan fingerprint density at radius 3 is 2.19 bits per heavy atom. The third-order valence-electron chi connectivity index (χ3n) is 8.64. The number of nitrogens with zero attached hydrogens (tertiary/aromatic N) is 1. The summed E-state index contributed by atoms with van der Waals surface area (Å²) in [5.41, 5.74) is 1.10. The SMILES string of the molecule is CN1C2CCC1CC(CNC1CC3CCC1(C)C3(C)C)C2. The summed E-state index contributed by atoms with van der Waals surface area (Å²) in [6, 6.07) is 2.56. The van der Waals surface area contributed by atoms with Crippen LogP contribution in [0.5, 0.6) is 0 Å². The van der Waals surface area contributed by atoms with Crippen LogP contribution < -0.4 is 5.32 Å². The lowest BCUT2D eigenvalue weighted by molar-refractivity contribution is 0.103. The fraction of sp³-hybridized carbons (Fsp3) is 1.00. The lowest BCUT2D eigenvalue weighted by Gasteiger charge is -2.41. The molecule has 4 bridgehead atoms. The summed E-state index contributed by atoms with van der Waals surface area (Å²) in [5, 5.41) is 4.04. The van der Waals surface area contributed by atoms with Crippen molar-refractivity contribution in [1.29, 1.82) is 0 Å². The molecule has 2 aliphatic heterocycles. The van der Waals surface area contributed by atoms with Crippen molar-refractivity contribution in [2.75, 3.05) is 13.6 Å². The highest BCUT2D eigenvalue weighted by Gasteiger charge is 2.61. The molecule has 4 rings (SSSR count). The Labute approximate surface area is 131 Å². The molecule has 2 aliphatic carbocycles. The summed E-state index contributed by atoms with van der Waals surface area (Å²) in [6.07, 6.45) is 10.1. The molecule has 2 heterocycles. The largest absolute Gasteiger partial charge is 0.313 e. The van der Waals surface area contributed by atoms with E-state index < -0.39 is 0 Å². The van der Waals surface area contributed by atoms with Crippen LogP contribution in [0, 0.1) is 22.7 Å². The van der Waals surface area contributed by atoms with E-state index in [0.717, 1.165) is 30.0 Å². The van der Waals surface area contributed by atoms with Crippen molar-refractivity contribution in [3.05, 3.63) is 0 Å². The molecule has 120 valence electrons. The molecular weight excluding hydrogens is 256 g/mol. The zero-order valence-corrected chi connectivity index (χ0v) is 14.5. The minimum absolute atomic E-state index is 0.544. The van der Waals surface area contributed by atoms with Crippen molar-refractivity contribution in [3.63, 3.8) is 0 Å². The van der Waals surface area contributed by atoms with Crippen LogP contribution in [0.25, 0.3) is 0 Å². The molecule has 0 spiro atoms. The van der Waals surface area contributed by atoms with E-state index in [1.54, 1.807) is 0 Å². The molecule has 5 atom stereocenters. The molecule has 0 aromatic carbocycles. The van der Waals surface area contributed by atoms with Gasteiger partial charge in [-0.05, 0) is 81.2 Å². The highest BCUT2D eigenvalue weighted by Crippen LogP contribution is 2.65. The van der Waals surface area contributed by atoms with Crippen molar-refractivity contribution in [1.82, 2.24) is 10.2 Å². The van der Waals surface area contributed by atoms with Crippen LogP contribution in [0.3, 0.4) is 0 Å². The number of rotatable bonds is 3. The van der Waals surface area contributed by atoms with Crippen molar-refractivity contribution in [2.45, 2.75) is 83.8 Å². The van der Waals surface area contributed by atoms with Crippen LogP contribution in [0.1, 0.15) is 65.7 Å². The van der Waals surface area contributed by atoms with E-state index in [-0.39, 0.29) is 0 Å². The highest BCUT2D eigenvalue weighted by molar-refractivity contribution is 5.13. The van der Waals surface area contributed by atoms with Crippen LogP contribution in [0.15, 0.2) is 0 Å². The van der Waals surface area contributed by atoms with Crippen molar-refractivity contribution >= 4 is 0 Å². The van der Waals surface area contributed by atoms with Crippen LogP contribution in [0.4, 0.5) is 0 Å². The average molecular weight is 290 g/mol. The standard InChI is InChI=1S/C19H34N2/c1-18(2)14-7-8-19(18,3)17(11-14)20-12-13-9-15-5-6-16(10-13)21(15)4/h13-17,20H,5-12H2,1-4H3. The molecular formula is C19H34N2. The van der Waals surface area contributed by atoms with E-state index in [2.05, 4.69) is 38.0 Å². The minimum atomic E-state index is 0.544. The Bertz CT molecular complexity index is 404. The topological polar surface area (TPSA) is 15.3 Å². The van der Waals surface area contributed by atoms with Gasteiger partial charge in [0.15, 0.2) is 0 Å². The fourth-order valence-corrected chi connectivity index (χ4v) is 6.51. The van der Waals surface area contributed by atoms with E-state index in [1.165, 1.54) is 51.5 Å². The van der Waals surface area contributed by atoms with Crippen molar-refractivity contribution in [2.24, 2.45) is 22.7 Å². The van der Waals surface area contributed by atoms with Gasteiger partial charge in [-0.25, -0.2) is 0 Å². The summed E-state index contributed by atoms with van der Waals surface area (Å²) in [7, 11) is 2.35. The molecule has 2 nitrogen and oxygen atoms in total. The Balaban J connectivity index is 1.36. The fourth-order valence-electron chi connectivity index (χ4n) is 6.51. The Kier molecular flexibility index (Phi) is 3.25. The van der Waals surface area contributed by atoms with Gasteiger partial charge in [0.1, 0.15) is 0 Å². The first-order valence-electron chi connectivity index (χ1n) is 9.37. The molecule has 4 fully saturated rings. The number of fused-ring (bicyclic) bond motifs is 4. The van der Waals surface area contributed by atoms with Gasteiger partial charge < -0.3 is 10.2 Å². The maximum Gasteiger partial charge on any atom is 0.0129 e. The van der Waals surface area contributed by atoms with Crippen LogP contribution in [0.2, 0.25) is 0 Å². The van der Waals surface area contributed by atoms with Gasteiger partial charge in [-0.3, -0.25) is 0 Å². The normalized spacial score (nSPS) is 51.7. The van der Waals surface area contributed by atoms with E-state index in [4.69, 9.17) is 0 Å². The minimum Gasteiger partial charge on any atom is -0.313 e. The predicted octanol–water partition coefficient (Wildman–Crippen LogP) is 3.66. The van der Waals surface area contributed by atoms with E-state index >= 15 is 0 Å². The molecule has 0 radical (unpaired) electrons. The molecule has 0 aromatic heterocycles. The molecule has 4 aliphatic rings. The van der Waals surface area contributed by atoms with Gasteiger partial charge in [0.05, 0.1) is 0 Å². The third-order valence-corrected chi connectivity index (χ3v) is 8.64. The molecule has 2 saturated carbocycles. The van der Waals surface area contributed by atoms with Crippen molar-refractivity contribution in [3.8, 4) is 0 Å². The molecule has 2 heteroatoms. The molecule has 5 unspecified atom stereocenters. The van der Waals surface area contributed by atoms with Gasteiger partial charge in [-0.2, -0.15) is 0 Å². The highest BCUT2D eigenvalue weighted by atomic mass is 15.2. The van der Waals surface area contributed by atoms with Crippen molar-refractivity contribution < 1.29 is 0 Å². The summed E-state index contributed by atoms with van der Waals surface area (Å²) in [4.78, 5) is 2.67. The van der Waals surface area contributed by atoms with Gasteiger partial charge in [0, 0.05) is 18.1 Å². The second-order valence-corrected chi connectivity index (χ2v) is 9.46. The van der Waals surface area contributed by atoms with Crippen LogP contribution in [-0.4, -0.2) is 36.6 Å². The van der Waals surface area contributed by atoms with Gasteiger partial charge >= 0.3 is 0 Å². The zero-order chi connectivity index (χ0) is 14.8. The van der Waals surface area contributed by atoms with E-state index in [0.29, 0.717) is 10.8 Å². The van der Waals surface area contributed by atoms with E-state index in [1.807, 2.05) is 0 Å². The van der Waals surface area contributed by atoms with Gasteiger partial charge in [0.2, 0.25) is 0 Å². The summed E-state index contributed by atoms with van der Waals surface area (Å²) < 4.78 is 0.